The van der Waals surface area contributed by atoms with Gasteiger partial charge in [-0.15, -0.1) is 11.8 Å². The van der Waals surface area contributed by atoms with Crippen LogP contribution in [0.4, 0.5) is 5.69 Å². The highest BCUT2D eigenvalue weighted by Crippen LogP contribution is 2.34. The quantitative estimate of drug-likeness (QED) is 0.489. The van der Waals surface area contributed by atoms with E-state index in [9.17, 15) is 10.1 Å². The van der Waals surface area contributed by atoms with Crippen molar-refractivity contribution in [2.75, 3.05) is 6.61 Å². The normalized spacial score (nSPS) is 12.4. The number of rotatable bonds is 5. The molecule has 0 spiro atoms. The van der Waals surface area contributed by atoms with Crippen molar-refractivity contribution in [2.45, 2.75) is 30.4 Å². The number of nitro groups is 1. The molecule has 16 heavy (non-hydrogen) atoms. The van der Waals surface area contributed by atoms with Gasteiger partial charge in [-0.3, -0.25) is 10.1 Å². The van der Waals surface area contributed by atoms with Gasteiger partial charge in [-0.05, 0) is 19.4 Å². The van der Waals surface area contributed by atoms with Crippen LogP contribution in [0.2, 0.25) is 0 Å². The molecule has 0 amide bonds. The lowest BCUT2D eigenvalue weighted by Crippen LogP contribution is -2.01. The maximum atomic E-state index is 10.9. The SMILES string of the molecule is Cc1cccc(SC(C)CCO)c1[N+](=O)[O-]. The molecule has 0 saturated heterocycles. The van der Waals surface area contributed by atoms with Crippen molar-refractivity contribution in [1.29, 1.82) is 0 Å². The van der Waals surface area contributed by atoms with Crippen molar-refractivity contribution in [1.82, 2.24) is 0 Å². The highest BCUT2D eigenvalue weighted by Gasteiger charge is 2.18. The minimum absolute atomic E-state index is 0.105. The zero-order valence-electron chi connectivity index (χ0n) is 9.34. The Morgan fingerprint density at radius 1 is 1.56 bits per heavy atom. The summed E-state index contributed by atoms with van der Waals surface area (Å²) in [7, 11) is 0. The number of aliphatic hydroxyl groups is 1. The van der Waals surface area contributed by atoms with Crippen molar-refractivity contribution in [3.8, 4) is 0 Å². The molecule has 1 N–H and O–H groups in total. The zero-order valence-corrected chi connectivity index (χ0v) is 10.2. The van der Waals surface area contributed by atoms with Crippen molar-refractivity contribution in [3.05, 3.63) is 33.9 Å². The molecule has 1 aromatic carbocycles. The minimum Gasteiger partial charge on any atom is -0.396 e. The second-order valence-electron chi connectivity index (χ2n) is 3.62. The first-order chi connectivity index (χ1) is 7.56. The van der Waals surface area contributed by atoms with Gasteiger partial charge in [0.2, 0.25) is 0 Å². The molecule has 0 radical (unpaired) electrons. The third-order valence-electron chi connectivity index (χ3n) is 2.25. The number of aliphatic hydroxyl groups excluding tert-OH is 1. The Morgan fingerprint density at radius 3 is 2.81 bits per heavy atom. The van der Waals surface area contributed by atoms with E-state index in [0.717, 1.165) is 0 Å². The number of hydrogen-bond donors (Lipinski definition) is 1. The van der Waals surface area contributed by atoms with Gasteiger partial charge in [-0.2, -0.15) is 0 Å². The fourth-order valence-corrected chi connectivity index (χ4v) is 2.58. The van der Waals surface area contributed by atoms with Crippen LogP contribution in [0, 0.1) is 17.0 Å². The summed E-state index contributed by atoms with van der Waals surface area (Å²) in [6, 6.07) is 5.30. The highest BCUT2D eigenvalue weighted by atomic mass is 32.2. The van der Waals surface area contributed by atoms with E-state index in [1.807, 2.05) is 13.0 Å². The van der Waals surface area contributed by atoms with Crippen molar-refractivity contribution < 1.29 is 10.0 Å². The van der Waals surface area contributed by atoms with E-state index in [4.69, 9.17) is 5.11 Å². The number of nitro benzene ring substituents is 1. The zero-order chi connectivity index (χ0) is 12.1. The first-order valence-electron chi connectivity index (χ1n) is 5.07. The lowest BCUT2D eigenvalue weighted by molar-refractivity contribution is -0.388. The number of nitrogens with zero attached hydrogens (tertiary/aromatic N) is 1. The second kappa shape index (κ2) is 5.86. The molecule has 4 nitrogen and oxygen atoms in total. The van der Waals surface area contributed by atoms with Gasteiger partial charge in [0.05, 0.1) is 9.82 Å². The van der Waals surface area contributed by atoms with Gasteiger partial charge in [-0.25, -0.2) is 0 Å². The van der Waals surface area contributed by atoms with E-state index in [0.29, 0.717) is 16.9 Å². The molecule has 1 atom stereocenters. The van der Waals surface area contributed by atoms with E-state index in [2.05, 4.69) is 0 Å². The van der Waals surface area contributed by atoms with Crippen molar-refractivity contribution >= 4 is 17.4 Å². The second-order valence-corrected chi connectivity index (χ2v) is 5.10. The van der Waals surface area contributed by atoms with E-state index in [-0.39, 0.29) is 22.5 Å². The monoisotopic (exact) mass is 241 g/mol. The van der Waals surface area contributed by atoms with E-state index < -0.39 is 0 Å². The van der Waals surface area contributed by atoms with E-state index in [1.165, 1.54) is 11.8 Å². The first-order valence-corrected chi connectivity index (χ1v) is 5.95. The van der Waals surface area contributed by atoms with Crippen LogP contribution in [0.25, 0.3) is 0 Å². The molecule has 0 heterocycles. The van der Waals surface area contributed by atoms with Crippen LogP contribution in [-0.4, -0.2) is 21.9 Å². The van der Waals surface area contributed by atoms with Gasteiger partial charge in [0.1, 0.15) is 0 Å². The number of benzene rings is 1. The largest absolute Gasteiger partial charge is 0.396 e. The fraction of sp³-hybridized carbons (Fsp3) is 0.455. The maximum Gasteiger partial charge on any atom is 0.285 e. The molecule has 0 aliphatic carbocycles. The third kappa shape index (κ3) is 3.21. The molecule has 1 unspecified atom stereocenters. The van der Waals surface area contributed by atoms with Crippen LogP contribution in [-0.2, 0) is 0 Å². The number of para-hydroxylation sites is 1. The van der Waals surface area contributed by atoms with Gasteiger partial charge in [-0.1, -0.05) is 19.1 Å². The highest BCUT2D eigenvalue weighted by molar-refractivity contribution is 8.00. The van der Waals surface area contributed by atoms with Crippen LogP contribution in [0.15, 0.2) is 23.1 Å². The van der Waals surface area contributed by atoms with Gasteiger partial charge in [0.25, 0.3) is 5.69 Å². The predicted molar refractivity (Wildman–Crippen MR) is 64.9 cm³/mol. The smallest absolute Gasteiger partial charge is 0.285 e. The lowest BCUT2D eigenvalue weighted by Gasteiger charge is -2.10. The Balaban J connectivity index is 2.95. The van der Waals surface area contributed by atoms with Crippen molar-refractivity contribution in [2.24, 2.45) is 0 Å². The summed E-state index contributed by atoms with van der Waals surface area (Å²) in [6.45, 7) is 3.79. The molecule has 1 aromatic rings. The Hall–Kier alpha value is -1.07. The topological polar surface area (TPSA) is 63.4 Å². The molecule has 1 rings (SSSR count). The van der Waals surface area contributed by atoms with Crippen LogP contribution in [0.5, 0.6) is 0 Å². The van der Waals surface area contributed by atoms with Crippen LogP contribution in [0.3, 0.4) is 0 Å². The Morgan fingerprint density at radius 2 is 2.25 bits per heavy atom. The fourth-order valence-electron chi connectivity index (χ4n) is 1.42. The molecular weight excluding hydrogens is 226 g/mol. The van der Waals surface area contributed by atoms with Crippen LogP contribution >= 0.6 is 11.8 Å². The van der Waals surface area contributed by atoms with E-state index in [1.54, 1.807) is 19.1 Å². The Kier molecular flexibility index (Phi) is 4.76. The molecule has 0 aliphatic heterocycles. The third-order valence-corrected chi connectivity index (χ3v) is 3.47. The van der Waals surface area contributed by atoms with Crippen LogP contribution < -0.4 is 0 Å². The minimum atomic E-state index is -0.344. The molecule has 0 fully saturated rings. The molecule has 0 bridgehead atoms. The molecule has 0 aromatic heterocycles. The van der Waals surface area contributed by atoms with Gasteiger partial charge in [0.15, 0.2) is 0 Å². The average molecular weight is 241 g/mol. The summed E-state index contributed by atoms with van der Waals surface area (Å²) in [6.07, 6.45) is 0.635. The van der Waals surface area contributed by atoms with Crippen molar-refractivity contribution in [3.63, 3.8) is 0 Å². The molecular formula is C11H15NO3S. The summed E-state index contributed by atoms with van der Waals surface area (Å²) in [5.41, 5.74) is 0.850. The summed E-state index contributed by atoms with van der Waals surface area (Å²) in [5, 5.41) is 19.9. The predicted octanol–water partition coefficient (Wildman–Crippen LogP) is 2.77. The summed E-state index contributed by atoms with van der Waals surface area (Å²) in [5.74, 6) is 0. The Labute approximate surface area is 98.8 Å². The van der Waals surface area contributed by atoms with Gasteiger partial charge >= 0.3 is 0 Å². The maximum absolute atomic E-state index is 10.9. The summed E-state index contributed by atoms with van der Waals surface area (Å²) in [4.78, 5) is 11.3. The average Bonchev–Trinajstić information content (AvgIpc) is 2.17. The summed E-state index contributed by atoms with van der Waals surface area (Å²) >= 11 is 1.44. The summed E-state index contributed by atoms with van der Waals surface area (Å²) < 4.78 is 0. The lowest BCUT2D eigenvalue weighted by atomic mass is 10.2. The molecule has 0 saturated carbocycles. The Bertz CT molecular complexity index is 381. The molecule has 5 heteroatoms. The van der Waals surface area contributed by atoms with Gasteiger partial charge in [0, 0.05) is 17.4 Å². The van der Waals surface area contributed by atoms with E-state index >= 15 is 0 Å². The number of thioether (sulfide) groups is 1. The standard InChI is InChI=1S/C11H15NO3S/c1-8-4-3-5-10(11(8)12(14)15)16-9(2)6-7-13/h3-5,9,13H,6-7H2,1-2H3. The first kappa shape index (κ1) is 13.0. The van der Waals surface area contributed by atoms with Gasteiger partial charge < -0.3 is 5.11 Å². The molecule has 0 aliphatic rings. The van der Waals surface area contributed by atoms with Crippen LogP contribution in [0.1, 0.15) is 18.9 Å². The number of aryl methyl sites for hydroxylation is 1. The number of hydrogen-bond acceptors (Lipinski definition) is 4. The molecule has 88 valence electrons.